The number of ketones is 1. The second-order valence-corrected chi connectivity index (χ2v) is 9.68. The molecule has 4 rings (SSSR count). The van der Waals surface area contributed by atoms with Crippen molar-refractivity contribution in [2.24, 2.45) is 0 Å². The number of carbonyl (C=O) groups excluding carboxylic acids is 1. The Morgan fingerprint density at radius 1 is 1.24 bits per heavy atom. The van der Waals surface area contributed by atoms with Gasteiger partial charge < -0.3 is 4.98 Å². The van der Waals surface area contributed by atoms with E-state index >= 15 is 4.39 Å². The SMILES string of the molecule is O=C(c1c(F)ccc(NS(=O)(=O)c2cccs2)c1F)c1c[nH]c2ncc(Br)cc12. The van der Waals surface area contributed by atoms with Crippen molar-refractivity contribution in [2.75, 3.05) is 4.72 Å². The van der Waals surface area contributed by atoms with E-state index in [1.54, 1.807) is 11.4 Å². The summed E-state index contributed by atoms with van der Waals surface area (Å²) in [6.07, 6.45) is 2.81. The van der Waals surface area contributed by atoms with Crippen LogP contribution in [0.4, 0.5) is 14.5 Å². The maximum Gasteiger partial charge on any atom is 0.271 e. The van der Waals surface area contributed by atoms with Crippen LogP contribution in [0.2, 0.25) is 0 Å². The fourth-order valence-electron chi connectivity index (χ4n) is 2.75. The van der Waals surface area contributed by atoms with E-state index in [0.717, 1.165) is 23.5 Å². The number of nitrogens with one attached hydrogen (secondary N) is 2. The number of aromatic amines is 1. The summed E-state index contributed by atoms with van der Waals surface area (Å²) in [5.74, 6) is -3.35. The minimum Gasteiger partial charge on any atom is -0.345 e. The van der Waals surface area contributed by atoms with Gasteiger partial charge in [0.25, 0.3) is 10.0 Å². The largest absolute Gasteiger partial charge is 0.345 e. The Labute approximate surface area is 175 Å². The number of halogens is 3. The molecule has 148 valence electrons. The van der Waals surface area contributed by atoms with E-state index in [4.69, 9.17) is 0 Å². The molecule has 0 aliphatic rings. The molecule has 0 radical (unpaired) electrons. The second-order valence-electron chi connectivity index (χ2n) is 5.90. The zero-order valence-corrected chi connectivity index (χ0v) is 17.5. The highest BCUT2D eigenvalue weighted by Crippen LogP contribution is 2.29. The molecule has 0 aliphatic carbocycles. The van der Waals surface area contributed by atoms with Gasteiger partial charge in [0, 0.05) is 27.8 Å². The molecule has 0 saturated heterocycles. The molecular weight excluding hydrogens is 488 g/mol. The number of hydrogen-bond acceptors (Lipinski definition) is 5. The van der Waals surface area contributed by atoms with Crippen molar-refractivity contribution in [3.63, 3.8) is 0 Å². The second kappa shape index (κ2) is 7.32. The van der Waals surface area contributed by atoms with E-state index in [1.165, 1.54) is 24.5 Å². The third kappa shape index (κ3) is 3.56. The lowest BCUT2D eigenvalue weighted by atomic mass is 10.0. The molecule has 3 heterocycles. The van der Waals surface area contributed by atoms with Gasteiger partial charge in [-0.15, -0.1) is 11.3 Å². The van der Waals surface area contributed by atoms with Crippen molar-refractivity contribution in [2.45, 2.75) is 4.21 Å². The predicted octanol–water partition coefficient (Wildman–Crippen LogP) is 4.70. The van der Waals surface area contributed by atoms with Crippen molar-refractivity contribution >= 4 is 59.8 Å². The van der Waals surface area contributed by atoms with Crippen LogP contribution in [-0.2, 0) is 10.0 Å². The molecule has 29 heavy (non-hydrogen) atoms. The number of carbonyl (C=O) groups is 1. The Hall–Kier alpha value is -2.63. The summed E-state index contributed by atoms with van der Waals surface area (Å²) in [7, 11) is -4.07. The number of benzene rings is 1. The number of thiophene rings is 1. The standard InChI is InChI=1S/C18H10BrF2N3O3S2/c19-9-6-10-11(8-23-18(10)22-7-9)17(25)15-12(20)3-4-13(16(15)21)24-29(26,27)14-2-1-5-28-14/h1-8,24H,(H,22,23). The van der Waals surface area contributed by atoms with Crippen molar-refractivity contribution in [3.05, 3.63) is 75.3 Å². The minimum absolute atomic E-state index is 0.00450. The highest BCUT2D eigenvalue weighted by Gasteiger charge is 2.26. The van der Waals surface area contributed by atoms with Gasteiger partial charge in [0.1, 0.15) is 15.7 Å². The van der Waals surface area contributed by atoms with Crippen LogP contribution in [0.5, 0.6) is 0 Å². The van der Waals surface area contributed by atoms with Gasteiger partial charge in [-0.25, -0.2) is 22.2 Å². The van der Waals surface area contributed by atoms with E-state index < -0.39 is 38.7 Å². The highest BCUT2D eigenvalue weighted by atomic mass is 79.9. The van der Waals surface area contributed by atoms with E-state index in [-0.39, 0.29) is 9.77 Å². The predicted molar refractivity (Wildman–Crippen MR) is 109 cm³/mol. The Bertz CT molecular complexity index is 1350. The lowest BCUT2D eigenvalue weighted by Crippen LogP contribution is -2.15. The normalized spacial score (nSPS) is 11.7. The number of hydrogen-bond donors (Lipinski definition) is 2. The molecule has 0 fully saturated rings. The van der Waals surface area contributed by atoms with E-state index in [1.807, 2.05) is 0 Å². The molecule has 0 atom stereocenters. The van der Waals surface area contributed by atoms with Gasteiger partial charge in [-0.05, 0) is 45.6 Å². The molecule has 11 heteroatoms. The molecule has 1 aromatic carbocycles. The number of sulfonamides is 1. The number of anilines is 1. The number of aromatic nitrogens is 2. The maximum atomic E-state index is 15.0. The van der Waals surface area contributed by atoms with Gasteiger partial charge >= 0.3 is 0 Å². The topological polar surface area (TPSA) is 91.9 Å². The van der Waals surface area contributed by atoms with Crippen LogP contribution in [0.25, 0.3) is 11.0 Å². The molecule has 4 aromatic rings. The first-order chi connectivity index (χ1) is 13.8. The smallest absolute Gasteiger partial charge is 0.271 e. The average Bonchev–Trinajstić information content (AvgIpc) is 3.34. The molecule has 3 aromatic heterocycles. The van der Waals surface area contributed by atoms with Crippen LogP contribution < -0.4 is 4.72 Å². The van der Waals surface area contributed by atoms with Gasteiger partial charge in [0.15, 0.2) is 5.82 Å². The van der Waals surface area contributed by atoms with E-state index in [0.29, 0.717) is 15.5 Å². The molecule has 6 nitrogen and oxygen atoms in total. The Kier molecular flexibility index (Phi) is 4.97. The summed E-state index contributed by atoms with van der Waals surface area (Å²) in [6, 6.07) is 6.23. The number of fused-ring (bicyclic) bond motifs is 1. The minimum atomic E-state index is -4.07. The van der Waals surface area contributed by atoms with Gasteiger partial charge in [-0.3, -0.25) is 9.52 Å². The Morgan fingerprint density at radius 2 is 2.03 bits per heavy atom. The average molecular weight is 498 g/mol. The summed E-state index contributed by atoms with van der Waals surface area (Å²) in [4.78, 5) is 19.8. The molecule has 0 unspecified atom stereocenters. The van der Waals surface area contributed by atoms with Crippen LogP contribution >= 0.6 is 27.3 Å². The summed E-state index contributed by atoms with van der Waals surface area (Å²) < 4.78 is 56.7. The summed E-state index contributed by atoms with van der Waals surface area (Å²) in [5.41, 5.74) is -1.02. The fourth-order valence-corrected chi connectivity index (χ4v) is 5.13. The number of pyridine rings is 1. The number of rotatable bonds is 5. The number of nitrogens with zero attached hydrogens (tertiary/aromatic N) is 1. The first kappa shape index (κ1) is 19.7. The zero-order valence-electron chi connectivity index (χ0n) is 14.2. The molecule has 0 saturated carbocycles. The third-order valence-corrected chi connectivity index (χ3v) is 7.26. The summed E-state index contributed by atoms with van der Waals surface area (Å²) in [5, 5.41) is 1.92. The van der Waals surface area contributed by atoms with Gasteiger partial charge in [-0.1, -0.05) is 6.07 Å². The van der Waals surface area contributed by atoms with Crippen LogP contribution in [-0.4, -0.2) is 24.2 Å². The zero-order chi connectivity index (χ0) is 20.8. The molecule has 0 aliphatic heterocycles. The van der Waals surface area contributed by atoms with Gasteiger partial charge in [-0.2, -0.15) is 0 Å². The first-order valence-corrected chi connectivity index (χ1v) is 11.1. The van der Waals surface area contributed by atoms with Crippen molar-refractivity contribution in [1.29, 1.82) is 0 Å². The van der Waals surface area contributed by atoms with Crippen LogP contribution in [0, 0.1) is 11.6 Å². The lowest BCUT2D eigenvalue weighted by molar-refractivity contribution is 0.103. The van der Waals surface area contributed by atoms with Crippen LogP contribution in [0.15, 0.2) is 56.8 Å². The monoisotopic (exact) mass is 497 g/mol. The fraction of sp³-hybridized carbons (Fsp3) is 0. The van der Waals surface area contributed by atoms with Crippen molar-refractivity contribution < 1.29 is 22.0 Å². The molecular formula is C18H10BrF2N3O3S2. The third-order valence-electron chi connectivity index (χ3n) is 4.06. The highest BCUT2D eigenvalue weighted by molar-refractivity contribution is 9.10. The molecule has 0 amide bonds. The van der Waals surface area contributed by atoms with E-state index in [2.05, 4.69) is 30.6 Å². The maximum absolute atomic E-state index is 15.0. The number of H-pyrrole nitrogens is 1. The molecule has 0 spiro atoms. The Morgan fingerprint density at radius 3 is 2.76 bits per heavy atom. The van der Waals surface area contributed by atoms with Crippen molar-refractivity contribution in [3.8, 4) is 0 Å². The van der Waals surface area contributed by atoms with Crippen LogP contribution in [0.3, 0.4) is 0 Å². The van der Waals surface area contributed by atoms with E-state index in [9.17, 15) is 17.6 Å². The quantitative estimate of drug-likeness (QED) is 0.391. The van der Waals surface area contributed by atoms with Crippen molar-refractivity contribution in [1.82, 2.24) is 9.97 Å². The van der Waals surface area contributed by atoms with Crippen LogP contribution in [0.1, 0.15) is 15.9 Å². The lowest BCUT2D eigenvalue weighted by Gasteiger charge is -2.11. The summed E-state index contributed by atoms with van der Waals surface area (Å²) >= 11 is 4.18. The Balaban J connectivity index is 1.79. The van der Waals surface area contributed by atoms with Gasteiger partial charge in [0.05, 0.1) is 11.3 Å². The molecule has 0 bridgehead atoms. The van der Waals surface area contributed by atoms with Gasteiger partial charge in [0.2, 0.25) is 5.78 Å². The summed E-state index contributed by atoms with van der Waals surface area (Å²) in [6.45, 7) is 0. The molecule has 2 N–H and O–H groups in total. The first-order valence-electron chi connectivity index (χ1n) is 7.99.